The molecule has 40 heavy (non-hydrogen) atoms. The number of carbonyl (C=O) groups is 3. The Labute approximate surface area is 234 Å². The molecule has 1 fully saturated rings. The van der Waals surface area contributed by atoms with Crippen LogP contribution in [-0.2, 0) is 37.2 Å². The molecule has 2 atom stereocenters. The summed E-state index contributed by atoms with van der Waals surface area (Å²) in [5, 5.41) is 18.6. The molecule has 0 aliphatic carbocycles. The number of nitrogens with one attached hydrogen (secondary N) is 3. The minimum Gasteiger partial charge on any atom is -0.480 e. The van der Waals surface area contributed by atoms with Crippen LogP contribution in [0.15, 0.2) is 64.5 Å². The average molecular weight is 570 g/mol. The highest BCUT2D eigenvalue weighted by Crippen LogP contribution is 2.26. The van der Waals surface area contributed by atoms with Gasteiger partial charge in [-0.05, 0) is 42.5 Å². The lowest BCUT2D eigenvalue weighted by atomic mass is 10.0. The molecule has 2 aromatic carbocycles. The number of ketones is 1. The number of carbonyl (C=O) groups excluding carboxylic acids is 2. The molecule has 12 heteroatoms. The Hall–Kier alpha value is -3.77. The van der Waals surface area contributed by atoms with Crippen LogP contribution in [0.4, 0.5) is 0 Å². The number of Topliss-reactive ketones (excluding diaryl/α,β-unsaturated/α-hetero) is 1. The second-order valence-corrected chi connectivity index (χ2v) is 11.8. The number of hydrogen-bond donors (Lipinski definition) is 4. The molecule has 4 rings (SSSR count). The zero-order chi connectivity index (χ0) is 28.5. The van der Waals surface area contributed by atoms with Gasteiger partial charge in [0.25, 0.3) is 0 Å². The van der Waals surface area contributed by atoms with Crippen molar-refractivity contribution in [1.82, 2.24) is 20.3 Å². The van der Waals surface area contributed by atoms with Gasteiger partial charge in [-0.15, -0.1) is 0 Å². The number of benzene rings is 2. The van der Waals surface area contributed by atoms with E-state index in [2.05, 4.69) is 20.9 Å². The van der Waals surface area contributed by atoms with E-state index < -0.39 is 34.0 Å². The first-order valence-corrected chi connectivity index (χ1v) is 14.9. The topological polar surface area (TPSA) is 157 Å². The number of rotatable bonds is 13. The van der Waals surface area contributed by atoms with E-state index in [0.29, 0.717) is 37.8 Å². The molecule has 11 nitrogen and oxygen atoms in total. The van der Waals surface area contributed by atoms with Crippen molar-refractivity contribution >= 4 is 33.6 Å². The molecule has 1 unspecified atom stereocenters. The fourth-order valence-corrected chi connectivity index (χ4v) is 6.52. The van der Waals surface area contributed by atoms with Crippen LogP contribution < -0.4 is 16.0 Å². The number of hydrogen-bond acceptors (Lipinski definition) is 8. The van der Waals surface area contributed by atoms with E-state index in [9.17, 15) is 27.9 Å². The molecule has 1 saturated heterocycles. The van der Waals surface area contributed by atoms with Gasteiger partial charge >= 0.3 is 5.97 Å². The number of aliphatic imine (C=N–C) groups is 1. The maximum absolute atomic E-state index is 13.1. The van der Waals surface area contributed by atoms with Crippen molar-refractivity contribution in [2.45, 2.75) is 55.5 Å². The molecule has 0 bridgehead atoms. The van der Waals surface area contributed by atoms with E-state index in [1.807, 2.05) is 0 Å². The Kier molecular flexibility index (Phi) is 9.88. The number of carboxylic acids is 1. The van der Waals surface area contributed by atoms with Crippen molar-refractivity contribution < 1.29 is 27.9 Å². The molecular formula is C28H35N5O6S. The molecule has 2 aromatic rings. The monoisotopic (exact) mass is 569 g/mol. The minimum atomic E-state index is -3.89. The Morgan fingerprint density at radius 2 is 1.80 bits per heavy atom. The molecule has 2 heterocycles. The number of carboxylic acid groups (broad SMARTS) is 1. The average Bonchev–Trinajstić information content (AvgIpc) is 3.65. The molecule has 214 valence electrons. The third kappa shape index (κ3) is 7.66. The predicted octanol–water partition coefficient (Wildman–Crippen LogP) is 1.09. The zero-order valence-corrected chi connectivity index (χ0v) is 23.0. The summed E-state index contributed by atoms with van der Waals surface area (Å²) < 4.78 is 27.3. The quantitative estimate of drug-likeness (QED) is 0.261. The van der Waals surface area contributed by atoms with E-state index in [1.165, 1.54) is 12.1 Å². The normalized spacial score (nSPS) is 18.0. The fourth-order valence-electron chi connectivity index (χ4n) is 4.84. The van der Waals surface area contributed by atoms with Gasteiger partial charge in [-0.2, -0.15) is 4.31 Å². The first-order valence-electron chi connectivity index (χ1n) is 13.5. The third-order valence-corrected chi connectivity index (χ3v) is 8.86. The summed E-state index contributed by atoms with van der Waals surface area (Å²) in [5.41, 5.74) is 1.50. The van der Waals surface area contributed by atoms with Crippen LogP contribution in [-0.4, -0.2) is 79.7 Å². The molecule has 0 aromatic heterocycles. The van der Waals surface area contributed by atoms with E-state index in [0.717, 1.165) is 28.9 Å². The van der Waals surface area contributed by atoms with Gasteiger partial charge in [0.05, 0.1) is 11.4 Å². The van der Waals surface area contributed by atoms with Crippen LogP contribution in [0.2, 0.25) is 0 Å². The lowest BCUT2D eigenvalue weighted by molar-refractivity contribution is -0.142. The van der Waals surface area contributed by atoms with E-state index in [-0.39, 0.29) is 30.1 Å². The van der Waals surface area contributed by atoms with Gasteiger partial charge in [0.15, 0.2) is 5.96 Å². The van der Waals surface area contributed by atoms with Crippen LogP contribution in [0, 0.1) is 0 Å². The largest absolute Gasteiger partial charge is 0.480 e. The zero-order valence-electron chi connectivity index (χ0n) is 22.2. The maximum Gasteiger partial charge on any atom is 0.326 e. The van der Waals surface area contributed by atoms with Gasteiger partial charge in [0.1, 0.15) is 17.9 Å². The smallest absolute Gasteiger partial charge is 0.326 e. The fraction of sp³-hybridized carbons (Fsp3) is 0.429. The summed E-state index contributed by atoms with van der Waals surface area (Å²) in [7, 11) is -3.89. The Morgan fingerprint density at radius 1 is 1.07 bits per heavy atom. The first kappa shape index (κ1) is 29.2. The van der Waals surface area contributed by atoms with Crippen LogP contribution >= 0.6 is 0 Å². The molecule has 1 amide bonds. The Bertz CT molecular complexity index is 1330. The SMILES string of the molecule is O=C(CCCNC1=NCCN1)Cc1ccc(CC(NC(=O)[C@@H]2CCCN2S(=O)(=O)c2ccccc2)C(=O)O)cc1. The van der Waals surface area contributed by atoms with Gasteiger partial charge in [-0.3, -0.25) is 14.6 Å². The minimum absolute atomic E-state index is 0.0248. The van der Waals surface area contributed by atoms with Gasteiger partial charge in [0.2, 0.25) is 15.9 Å². The molecule has 2 aliphatic rings. The van der Waals surface area contributed by atoms with E-state index >= 15 is 0 Å². The van der Waals surface area contributed by atoms with Gasteiger partial charge < -0.3 is 21.1 Å². The number of nitrogens with zero attached hydrogens (tertiary/aromatic N) is 2. The highest BCUT2D eigenvalue weighted by molar-refractivity contribution is 7.89. The van der Waals surface area contributed by atoms with Crippen molar-refractivity contribution in [2.75, 3.05) is 26.2 Å². The van der Waals surface area contributed by atoms with Gasteiger partial charge in [0, 0.05) is 38.9 Å². The Morgan fingerprint density at radius 3 is 2.48 bits per heavy atom. The Balaban J connectivity index is 1.29. The van der Waals surface area contributed by atoms with Crippen LogP contribution in [0.3, 0.4) is 0 Å². The van der Waals surface area contributed by atoms with E-state index in [1.54, 1.807) is 42.5 Å². The maximum atomic E-state index is 13.1. The summed E-state index contributed by atoms with van der Waals surface area (Å²) in [6.07, 6.45) is 2.26. The van der Waals surface area contributed by atoms with Crippen LogP contribution in [0.25, 0.3) is 0 Å². The van der Waals surface area contributed by atoms with Gasteiger partial charge in [-0.25, -0.2) is 13.2 Å². The summed E-state index contributed by atoms with van der Waals surface area (Å²) >= 11 is 0. The number of sulfonamides is 1. The summed E-state index contributed by atoms with van der Waals surface area (Å²) in [4.78, 5) is 41.7. The second kappa shape index (κ2) is 13.5. The van der Waals surface area contributed by atoms with Crippen molar-refractivity contribution in [3.05, 3.63) is 65.7 Å². The summed E-state index contributed by atoms with van der Waals surface area (Å²) in [6.45, 7) is 2.44. The molecular weight excluding hydrogens is 534 g/mol. The van der Waals surface area contributed by atoms with Crippen molar-refractivity contribution in [3.63, 3.8) is 0 Å². The lowest BCUT2D eigenvalue weighted by Gasteiger charge is -2.25. The predicted molar refractivity (Wildman–Crippen MR) is 149 cm³/mol. The molecule has 0 spiro atoms. The van der Waals surface area contributed by atoms with Crippen LogP contribution in [0.1, 0.15) is 36.8 Å². The third-order valence-electron chi connectivity index (χ3n) is 6.93. The van der Waals surface area contributed by atoms with E-state index in [4.69, 9.17) is 0 Å². The molecule has 0 radical (unpaired) electrons. The van der Waals surface area contributed by atoms with Crippen molar-refractivity contribution in [1.29, 1.82) is 0 Å². The summed E-state index contributed by atoms with van der Waals surface area (Å²) in [5.74, 6) is -0.956. The first-order chi connectivity index (χ1) is 19.2. The lowest BCUT2D eigenvalue weighted by Crippen LogP contribution is -2.51. The van der Waals surface area contributed by atoms with Gasteiger partial charge in [-0.1, -0.05) is 42.5 Å². The highest BCUT2D eigenvalue weighted by atomic mass is 32.2. The number of amides is 1. The number of aliphatic carboxylic acids is 1. The number of guanidine groups is 1. The molecule has 4 N–H and O–H groups in total. The molecule has 2 aliphatic heterocycles. The standard InChI is InChI=1S/C28H35N5O6S/c34-22(6-4-14-29-28-30-15-16-31-28)18-20-10-12-21(13-11-20)19-24(27(36)37)32-26(35)25-9-5-17-33(25)40(38,39)23-7-2-1-3-8-23/h1-3,7-8,10-13,24-25H,4-6,9,14-19H2,(H,32,35)(H,36,37)(H2,29,30,31)/t24?,25-/m0/s1. The second-order valence-electron chi connectivity index (χ2n) is 9.91. The van der Waals surface area contributed by atoms with Crippen LogP contribution in [0.5, 0.6) is 0 Å². The van der Waals surface area contributed by atoms with Crippen molar-refractivity contribution in [3.8, 4) is 0 Å². The van der Waals surface area contributed by atoms with Crippen molar-refractivity contribution in [2.24, 2.45) is 4.99 Å². The molecule has 0 saturated carbocycles. The highest BCUT2D eigenvalue weighted by Gasteiger charge is 2.40. The summed E-state index contributed by atoms with van der Waals surface area (Å²) in [6, 6.07) is 12.8.